The van der Waals surface area contributed by atoms with E-state index in [1.165, 1.54) is 0 Å². The summed E-state index contributed by atoms with van der Waals surface area (Å²) in [4.78, 5) is 23.3. The lowest BCUT2D eigenvalue weighted by Gasteiger charge is -2.03. The summed E-state index contributed by atoms with van der Waals surface area (Å²) in [7, 11) is -2.86. The molecule has 0 saturated carbocycles. The van der Waals surface area contributed by atoms with Crippen molar-refractivity contribution in [1.29, 1.82) is 0 Å². The number of carbonyl (C=O) groups excluding carboxylic acids is 2. The van der Waals surface area contributed by atoms with Gasteiger partial charge in [-0.05, 0) is 24.7 Å². The highest BCUT2D eigenvalue weighted by molar-refractivity contribution is 6.84. The number of ketones is 2. The molecule has 0 heterocycles. The normalized spacial score (nSPS) is 11.1. The largest absolute Gasteiger partial charge is 0.285 e. The molecule has 0 aromatic heterocycles. The van der Waals surface area contributed by atoms with E-state index in [0.29, 0.717) is 12.8 Å². The van der Waals surface area contributed by atoms with Crippen LogP contribution in [0.4, 0.5) is 0 Å². The van der Waals surface area contributed by atoms with Crippen LogP contribution in [0.2, 0.25) is 39.3 Å². The van der Waals surface area contributed by atoms with Crippen molar-refractivity contribution < 1.29 is 9.59 Å². The number of hydrogen-bond acceptors (Lipinski definition) is 2. The van der Waals surface area contributed by atoms with Crippen LogP contribution in [0.5, 0.6) is 0 Å². The van der Waals surface area contributed by atoms with Crippen LogP contribution in [0.1, 0.15) is 51.4 Å². The van der Waals surface area contributed by atoms with Gasteiger partial charge in [0.1, 0.15) is 16.1 Å². The number of hydrogen-bond donors (Lipinski definition) is 0. The minimum atomic E-state index is -1.43. The summed E-state index contributed by atoms with van der Waals surface area (Å²) in [6.07, 6.45) is 7.44. The van der Waals surface area contributed by atoms with Gasteiger partial charge in [-0.3, -0.25) is 9.59 Å². The standard InChI is InChI=1S/C20H34O2Si2/c1-23(2,3)17-15-19(21)13-11-9-7-8-10-12-14-20(22)16-18-24(4,5)6/h7-14H2,1-6H3. The molecule has 0 unspecified atom stereocenters. The Morgan fingerprint density at radius 2 is 0.875 bits per heavy atom. The van der Waals surface area contributed by atoms with Gasteiger partial charge < -0.3 is 0 Å². The van der Waals surface area contributed by atoms with Gasteiger partial charge in [0.2, 0.25) is 11.6 Å². The zero-order valence-electron chi connectivity index (χ0n) is 16.5. The summed E-state index contributed by atoms with van der Waals surface area (Å²) < 4.78 is 0. The fourth-order valence-corrected chi connectivity index (χ4v) is 2.95. The minimum absolute atomic E-state index is 0.0870. The Kier molecular flexibility index (Phi) is 10.9. The summed E-state index contributed by atoms with van der Waals surface area (Å²) in [6, 6.07) is 0. The molecular weight excluding hydrogens is 328 g/mol. The lowest BCUT2D eigenvalue weighted by atomic mass is 10.1. The van der Waals surface area contributed by atoms with Crippen LogP contribution < -0.4 is 0 Å². The molecule has 0 radical (unpaired) electrons. The first-order valence-corrected chi connectivity index (χ1v) is 16.1. The lowest BCUT2D eigenvalue weighted by Crippen LogP contribution is -2.17. The Bertz CT molecular complexity index is 478. The van der Waals surface area contributed by atoms with Gasteiger partial charge in [-0.2, -0.15) is 0 Å². The molecule has 0 aromatic rings. The molecule has 0 saturated heterocycles. The maximum Gasteiger partial charge on any atom is 0.204 e. The highest BCUT2D eigenvalue weighted by atomic mass is 28.3. The molecule has 0 aliphatic rings. The smallest absolute Gasteiger partial charge is 0.204 e. The number of Topliss-reactive ketones (excluding diaryl/α,β-unsaturated/α-hetero) is 2. The first-order valence-electron chi connectivity index (χ1n) is 9.12. The third-order valence-electron chi connectivity index (χ3n) is 3.21. The van der Waals surface area contributed by atoms with E-state index in [4.69, 9.17) is 0 Å². The van der Waals surface area contributed by atoms with E-state index in [2.05, 4.69) is 62.2 Å². The van der Waals surface area contributed by atoms with Crippen molar-refractivity contribution in [2.75, 3.05) is 0 Å². The summed E-state index contributed by atoms with van der Waals surface area (Å²) >= 11 is 0. The zero-order chi connectivity index (χ0) is 18.6. The first kappa shape index (κ1) is 22.9. The zero-order valence-corrected chi connectivity index (χ0v) is 18.5. The molecule has 0 bridgehead atoms. The highest BCUT2D eigenvalue weighted by Crippen LogP contribution is 2.09. The summed E-state index contributed by atoms with van der Waals surface area (Å²) in [5.74, 6) is 5.76. The first-order chi connectivity index (χ1) is 11.0. The van der Waals surface area contributed by atoms with E-state index in [0.717, 1.165) is 38.5 Å². The number of carbonyl (C=O) groups is 2. The third-order valence-corrected chi connectivity index (χ3v) is 4.96. The Hall–Kier alpha value is -1.11. The predicted octanol–water partition coefficient (Wildman–Crippen LogP) is 5.01. The fraction of sp³-hybridized carbons (Fsp3) is 0.700. The highest BCUT2D eigenvalue weighted by Gasteiger charge is 2.09. The molecule has 4 heteroatoms. The van der Waals surface area contributed by atoms with Crippen molar-refractivity contribution in [1.82, 2.24) is 0 Å². The van der Waals surface area contributed by atoms with Gasteiger partial charge in [-0.25, -0.2) is 0 Å². The SMILES string of the molecule is C[Si](C)(C)C#CC(=O)CCCCCCCCC(=O)C#C[Si](C)(C)C. The molecule has 0 aliphatic heterocycles. The van der Waals surface area contributed by atoms with Crippen LogP contribution in [-0.4, -0.2) is 27.7 Å². The van der Waals surface area contributed by atoms with Crippen LogP contribution in [0.3, 0.4) is 0 Å². The van der Waals surface area contributed by atoms with Gasteiger partial charge in [-0.15, -0.1) is 11.1 Å². The maximum atomic E-state index is 11.6. The number of unbranched alkanes of at least 4 members (excludes halogenated alkanes) is 5. The van der Waals surface area contributed by atoms with Gasteiger partial charge >= 0.3 is 0 Å². The molecule has 0 amide bonds. The van der Waals surface area contributed by atoms with Crippen molar-refractivity contribution in [3.63, 3.8) is 0 Å². The Morgan fingerprint density at radius 1 is 0.583 bits per heavy atom. The van der Waals surface area contributed by atoms with E-state index < -0.39 is 16.1 Å². The molecule has 0 spiro atoms. The van der Waals surface area contributed by atoms with Crippen molar-refractivity contribution >= 4 is 27.7 Å². The summed E-state index contributed by atoms with van der Waals surface area (Å²) in [5.41, 5.74) is 6.24. The van der Waals surface area contributed by atoms with E-state index in [1.807, 2.05) is 0 Å². The van der Waals surface area contributed by atoms with Gasteiger partial charge in [0.15, 0.2) is 0 Å². The van der Waals surface area contributed by atoms with Crippen molar-refractivity contribution in [2.45, 2.75) is 90.6 Å². The number of rotatable bonds is 9. The molecule has 2 nitrogen and oxygen atoms in total. The third kappa shape index (κ3) is 17.3. The maximum absolute atomic E-state index is 11.6. The molecule has 24 heavy (non-hydrogen) atoms. The summed E-state index contributed by atoms with van der Waals surface area (Å²) in [5, 5.41) is 0. The molecule has 0 N–H and O–H groups in total. The van der Waals surface area contributed by atoms with Gasteiger partial charge in [0, 0.05) is 12.8 Å². The average molecular weight is 363 g/mol. The fourth-order valence-electron chi connectivity index (χ4n) is 1.92. The molecule has 0 rings (SSSR count). The van der Waals surface area contributed by atoms with Crippen LogP contribution in [0.15, 0.2) is 0 Å². The molecule has 0 atom stereocenters. The van der Waals surface area contributed by atoms with Crippen LogP contribution in [0.25, 0.3) is 0 Å². The van der Waals surface area contributed by atoms with Crippen LogP contribution in [-0.2, 0) is 9.59 Å². The monoisotopic (exact) mass is 362 g/mol. The average Bonchev–Trinajstić information content (AvgIpc) is 2.44. The van der Waals surface area contributed by atoms with E-state index in [9.17, 15) is 9.59 Å². The summed E-state index contributed by atoms with van der Waals surface area (Å²) in [6.45, 7) is 12.9. The van der Waals surface area contributed by atoms with Gasteiger partial charge in [-0.1, -0.05) is 65.0 Å². The van der Waals surface area contributed by atoms with Gasteiger partial charge in [0.25, 0.3) is 0 Å². The minimum Gasteiger partial charge on any atom is -0.285 e. The Labute approximate surface area is 151 Å². The predicted molar refractivity (Wildman–Crippen MR) is 109 cm³/mol. The second-order valence-electron chi connectivity index (χ2n) is 8.47. The molecule has 0 aromatic carbocycles. The lowest BCUT2D eigenvalue weighted by molar-refractivity contribution is -0.114. The van der Waals surface area contributed by atoms with E-state index >= 15 is 0 Å². The Balaban J connectivity index is 3.64. The second kappa shape index (κ2) is 11.4. The second-order valence-corrected chi connectivity index (χ2v) is 18.0. The van der Waals surface area contributed by atoms with E-state index in [1.54, 1.807) is 0 Å². The molecule has 134 valence electrons. The Morgan fingerprint density at radius 3 is 1.17 bits per heavy atom. The molecule has 0 fully saturated rings. The quantitative estimate of drug-likeness (QED) is 0.328. The molecular formula is C20H34O2Si2. The van der Waals surface area contributed by atoms with Crippen molar-refractivity contribution in [3.8, 4) is 22.9 Å². The van der Waals surface area contributed by atoms with Gasteiger partial charge in [0.05, 0.1) is 0 Å². The van der Waals surface area contributed by atoms with Crippen LogP contribution >= 0.6 is 0 Å². The molecule has 0 aliphatic carbocycles. The van der Waals surface area contributed by atoms with Crippen molar-refractivity contribution in [2.24, 2.45) is 0 Å². The van der Waals surface area contributed by atoms with Crippen molar-refractivity contribution in [3.05, 3.63) is 0 Å². The van der Waals surface area contributed by atoms with Crippen LogP contribution in [0, 0.1) is 22.9 Å². The van der Waals surface area contributed by atoms with E-state index in [-0.39, 0.29) is 11.6 Å². The topological polar surface area (TPSA) is 34.1 Å².